The summed E-state index contributed by atoms with van der Waals surface area (Å²) in [6, 6.07) is 2.09. The maximum atomic E-state index is 5.23. The monoisotopic (exact) mass is 329 g/mol. The van der Waals surface area contributed by atoms with Crippen molar-refractivity contribution in [2.24, 2.45) is 0 Å². The van der Waals surface area contributed by atoms with E-state index in [1.54, 1.807) is 13.3 Å². The van der Waals surface area contributed by atoms with Crippen molar-refractivity contribution in [3.05, 3.63) is 22.3 Å². The van der Waals surface area contributed by atoms with Gasteiger partial charge in [-0.25, -0.2) is 4.98 Å². The normalized spacial score (nSPS) is 13.4. The molecule has 1 aromatic heterocycles. The van der Waals surface area contributed by atoms with Gasteiger partial charge in [-0.2, -0.15) is 0 Å². The molecule has 5 heteroatoms. The first-order valence-electron chi connectivity index (χ1n) is 6.48. The molecule has 0 spiro atoms. The number of anilines is 1. The van der Waals surface area contributed by atoms with Crippen molar-refractivity contribution in [2.75, 3.05) is 19.0 Å². The second-order valence-corrected chi connectivity index (χ2v) is 6.61. The van der Waals surface area contributed by atoms with Crippen LogP contribution in [0, 0.1) is 0 Å². The highest BCUT2D eigenvalue weighted by Crippen LogP contribution is 2.19. The van der Waals surface area contributed by atoms with Crippen LogP contribution in [-0.2, 0) is 11.3 Å². The van der Waals surface area contributed by atoms with E-state index in [1.165, 1.54) is 0 Å². The Kier molecular flexibility index (Phi) is 6.23. The quantitative estimate of drug-likeness (QED) is 0.841. The smallest absolute Gasteiger partial charge is 0.130 e. The highest BCUT2D eigenvalue weighted by atomic mass is 79.9. The summed E-state index contributed by atoms with van der Waals surface area (Å²) in [5, 5.41) is 6.81. The van der Waals surface area contributed by atoms with Crippen LogP contribution in [0.3, 0.4) is 0 Å². The lowest BCUT2D eigenvalue weighted by Crippen LogP contribution is -2.35. The van der Waals surface area contributed by atoms with Crippen molar-refractivity contribution >= 4 is 21.7 Å². The Bertz CT molecular complexity index is 404. The van der Waals surface area contributed by atoms with E-state index < -0.39 is 0 Å². The zero-order chi connectivity index (χ0) is 14.5. The summed E-state index contributed by atoms with van der Waals surface area (Å²) in [7, 11) is 1.71. The van der Waals surface area contributed by atoms with Crippen LogP contribution in [0.5, 0.6) is 0 Å². The van der Waals surface area contributed by atoms with Crippen molar-refractivity contribution in [2.45, 2.75) is 45.9 Å². The summed E-state index contributed by atoms with van der Waals surface area (Å²) >= 11 is 3.47. The summed E-state index contributed by atoms with van der Waals surface area (Å²) in [4.78, 5) is 4.43. The summed E-state index contributed by atoms with van der Waals surface area (Å²) in [6.45, 7) is 10.0. The van der Waals surface area contributed by atoms with Crippen LogP contribution in [0.1, 0.15) is 33.3 Å². The molecule has 108 valence electrons. The number of hydrogen-bond donors (Lipinski definition) is 2. The van der Waals surface area contributed by atoms with Crippen molar-refractivity contribution < 1.29 is 4.74 Å². The molecular formula is C14H24BrN3O. The first-order valence-corrected chi connectivity index (χ1v) is 7.27. The number of ether oxygens (including phenoxy) is 1. The van der Waals surface area contributed by atoms with Crippen LogP contribution >= 0.6 is 15.9 Å². The van der Waals surface area contributed by atoms with E-state index in [4.69, 9.17) is 4.74 Å². The number of hydrogen-bond acceptors (Lipinski definition) is 4. The molecule has 0 aliphatic rings. The van der Waals surface area contributed by atoms with E-state index in [0.717, 1.165) is 28.9 Å². The molecule has 2 N–H and O–H groups in total. The first kappa shape index (κ1) is 16.4. The van der Waals surface area contributed by atoms with E-state index >= 15 is 0 Å². The average Bonchev–Trinajstić information content (AvgIpc) is 2.33. The topological polar surface area (TPSA) is 46.2 Å². The molecule has 4 nitrogen and oxygen atoms in total. The van der Waals surface area contributed by atoms with Crippen LogP contribution in [0.4, 0.5) is 5.82 Å². The third-order valence-electron chi connectivity index (χ3n) is 2.70. The minimum absolute atomic E-state index is 0.0827. The molecule has 1 rings (SSSR count). The molecule has 0 aliphatic carbocycles. The Morgan fingerprint density at radius 2 is 2.11 bits per heavy atom. The van der Waals surface area contributed by atoms with Gasteiger partial charge >= 0.3 is 0 Å². The third-order valence-corrected chi connectivity index (χ3v) is 3.14. The number of pyridine rings is 1. The minimum atomic E-state index is 0.0827. The second-order valence-electron chi connectivity index (χ2n) is 5.69. The van der Waals surface area contributed by atoms with Gasteiger partial charge < -0.3 is 15.4 Å². The summed E-state index contributed by atoms with van der Waals surface area (Å²) in [5.74, 6) is 0.906. The number of nitrogens with one attached hydrogen (secondary N) is 2. The number of halogens is 1. The minimum Gasteiger partial charge on any atom is -0.380 e. The summed E-state index contributed by atoms with van der Waals surface area (Å²) < 4.78 is 6.22. The Morgan fingerprint density at radius 1 is 1.42 bits per heavy atom. The SMILES string of the molecule is COC(C)CNc1ncc(Br)cc1CNC(C)(C)C. The molecule has 0 radical (unpaired) electrons. The molecule has 0 saturated heterocycles. The lowest BCUT2D eigenvalue weighted by atomic mass is 10.1. The van der Waals surface area contributed by atoms with Crippen molar-refractivity contribution in [3.8, 4) is 0 Å². The van der Waals surface area contributed by atoms with E-state index in [-0.39, 0.29) is 11.6 Å². The molecule has 0 fully saturated rings. The molecule has 0 amide bonds. The van der Waals surface area contributed by atoms with Gasteiger partial charge in [0.05, 0.1) is 6.10 Å². The van der Waals surface area contributed by atoms with Gasteiger partial charge in [-0.05, 0) is 49.7 Å². The molecule has 1 heterocycles. The third kappa shape index (κ3) is 6.36. The number of nitrogens with zero attached hydrogens (tertiary/aromatic N) is 1. The predicted octanol–water partition coefficient (Wildman–Crippen LogP) is 3.18. The average molecular weight is 330 g/mol. The fourth-order valence-corrected chi connectivity index (χ4v) is 1.84. The van der Waals surface area contributed by atoms with Gasteiger partial charge in [0.15, 0.2) is 0 Å². The van der Waals surface area contributed by atoms with Crippen molar-refractivity contribution in [1.29, 1.82) is 0 Å². The van der Waals surface area contributed by atoms with Crippen molar-refractivity contribution in [3.63, 3.8) is 0 Å². The first-order chi connectivity index (χ1) is 8.81. The van der Waals surface area contributed by atoms with Gasteiger partial charge in [0, 0.05) is 42.0 Å². The molecule has 0 bridgehead atoms. The summed E-state index contributed by atoms with van der Waals surface area (Å²) in [5.41, 5.74) is 1.23. The molecule has 1 aromatic rings. The van der Waals surface area contributed by atoms with E-state index in [0.29, 0.717) is 0 Å². The lowest BCUT2D eigenvalue weighted by molar-refractivity contribution is 0.128. The van der Waals surface area contributed by atoms with Crippen LogP contribution in [0.15, 0.2) is 16.7 Å². The fourth-order valence-electron chi connectivity index (χ4n) is 1.46. The standard InChI is InChI=1S/C14H24BrN3O/c1-10(19-5)7-16-13-11(6-12(15)9-17-13)8-18-14(2,3)4/h6,9-10,18H,7-8H2,1-5H3,(H,16,17). The molecule has 1 unspecified atom stereocenters. The fraction of sp³-hybridized carbons (Fsp3) is 0.643. The highest BCUT2D eigenvalue weighted by molar-refractivity contribution is 9.10. The molecule has 0 aliphatic heterocycles. The lowest BCUT2D eigenvalue weighted by Gasteiger charge is -2.22. The van der Waals surface area contributed by atoms with Gasteiger partial charge in [-0.3, -0.25) is 0 Å². The van der Waals surface area contributed by atoms with Crippen LogP contribution in [0.25, 0.3) is 0 Å². The maximum Gasteiger partial charge on any atom is 0.130 e. The zero-order valence-electron chi connectivity index (χ0n) is 12.4. The molecule has 0 saturated carbocycles. The second kappa shape index (κ2) is 7.22. The number of methoxy groups -OCH3 is 1. The van der Waals surface area contributed by atoms with E-state index in [9.17, 15) is 0 Å². The molecule has 0 aromatic carbocycles. The van der Waals surface area contributed by atoms with Gasteiger partial charge in [-0.15, -0.1) is 0 Å². The zero-order valence-corrected chi connectivity index (χ0v) is 14.0. The van der Waals surface area contributed by atoms with Crippen molar-refractivity contribution in [1.82, 2.24) is 10.3 Å². The predicted molar refractivity (Wildman–Crippen MR) is 83.5 cm³/mol. The van der Waals surface area contributed by atoms with Crippen LogP contribution in [0.2, 0.25) is 0 Å². The maximum absolute atomic E-state index is 5.23. The number of aromatic nitrogens is 1. The molecule has 19 heavy (non-hydrogen) atoms. The van der Waals surface area contributed by atoms with E-state index in [2.05, 4.69) is 58.4 Å². The Labute approximate surface area is 124 Å². The Morgan fingerprint density at radius 3 is 2.68 bits per heavy atom. The highest BCUT2D eigenvalue weighted by Gasteiger charge is 2.12. The summed E-state index contributed by atoms with van der Waals surface area (Å²) in [6.07, 6.45) is 1.97. The van der Waals surface area contributed by atoms with Gasteiger partial charge in [-0.1, -0.05) is 0 Å². The number of rotatable bonds is 6. The van der Waals surface area contributed by atoms with Gasteiger partial charge in [0.1, 0.15) is 5.82 Å². The van der Waals surface area contributed by atoms with Crippen LogP contribution < -0.4 is 10.6 Å². The van der Waals surface area contributed by atoms with Crippen LogP contribution in [-0.4, -0.2) is 30.3 Å². The molecule has 1 atom stereocenters. The van der Waals surface area contributed by atoms with Gasteiger partial charge in [0.2, 0.25) is 0 Å². The Balaban J connectivity index is 2.74. The Hall–Kier alpha value is -0.650. The van der Waals surface area contributed by atoms with Gasteiger partial charge in [0.25, 0.3) is 0 Å². The molecular weight excluding hydrogens is 306 g/mol. The van der Waals surface area contributed by atoms with E-state index in [1.807, 2.05) is 6.92 Å². The largest absolute Gasteiger partial charge is 0.380 e.